The summed E-state index contributed by atoms with van der Waals surface area (Å²) in [5.74, 6) is -7.06. The molecule has 0 atom stereocenters. The molecule has 0 radical (unpaired) electrons. The minimum atomic E-state index is -1.21. The van der Waals surface area contributed by atoms with Crippen LogP contribution in [0.3, 0.4) is 0 Å². The van der Waals surface area contributed by atoms with Crippen molar-refractivity contribution in [1.82, 2.24) is 0 Å². The number of ether oxygens (including phenoxy) is 2. The van der Waals surface area contributed by atoms with Crippen molar-refractivity contribution in [2.45, 2.75) is 0 Å². The predicted octanol–water partition coefficient (Wildman–Crippen LogP) is 2.53. The molecule has 0 amide bonds. The Balaban J connectivity index is 2.35. The van der Waals surface area contributed by atoms with Crippen LogP contribution in [0.5, 0.6) is 11.5 Å². The van der Waals surface area contributed by atoms with Gasteiger partial charge in [0.2, 0.25) is 5.75 Å². The van der Waals surface area contributed by atoms with Crippen LogP contribution in [0.25, 0.3) is 11.1 Å². The molecule has 0 heterocycles. The molecule has 2 rings (SSSR count). The number of carbonyl (C=O) groups is 2. The third kappa shape index (κ3) is 4.46. The fourth-order valence-corrected chi connectivity index (χ4v) is 1.91. The molecule has 27 heavy (non-hydrogen) atoms. The first kappa shape index (κ1) is 19.6. The van der Waals surface area contributed by atoms with E-state index in [-0.39, 0.29) is 11.1 Å². The topological polar surface area (TPSA) is 105 Å². The van der Waals surface area contributed by atoms with Crippen LogP contribution in [0.1, 0.15) is 0 Å². The van der Waals surface area contributed by atoms with E-state index in [0.717, 1.165) is 24.3 Å². The molecule has 0 fully saturated rings. The molecule has 0 unspecified atom stereocenters. The zero-order valence-electron chi connectivity index (χ0n) is 13.7. The van der Waals surface area contributed by atoms with Gasteiger partial charge in [0.25, 0.3) is 0 Å². The summed E-state index contributed by atoms with van der Waals surface area (Å²) >= 11 is 0. The maximum atomic E-state index is 14.1. The first-order chi connectivity index (χ1) is 12.6. The summed E-state index contributed by atoms with van der Waals surface area (Å²) in [5, 5.41) is 0. The smallest absolute Gasteiger partial charge is 0.359 e. The molecular formula is C18H13F3N2O4. The van der Waals surface area contributed by atoms with Crippen LogP contribution in [0.2, 0.25) is 0 Å². The van der Waals surface area contributed by atoms with Gasteiger partial charge in [-0.2, -0.15) is 0 Å². The van der Waals surface area contributed by atoms with Gasteiger partial charge in [-0.05, 0) is 35.4 Å². The van der Waals surface area contributed by atoms with Crippen molar-refractivity contribution in [3.8, 4) is 22.6 Å². The van der Waals surface area contributed by atoms with Crippen LogP contribution in [-0.4, -0.2) is 11.9 Å². The molecule has 0 aliphatic heterocycles. The number of benzene rings is 2. The summed E-state index contributed by atoms with van der Waals surface area (Å²) in [5.41, 5.74) is 9.26. The standard InChI is InChI=1S/C18H13F3N2O4/c1-8(22)17(24)26-15-4-3-10(5-12(15)19)11-6-13(20)16(14(21)7-11)27-18(25)9(2)23/h3-7H,1-2,22-23H2. The number of rotatable bonds is 5. The number of hydrogen-bond donors (Lipinski definition) is 2. The van der Waals surface area contributed by atoms with E-state index in [4.69, 9.17) is 11.5 Å². The molecule has 0 aliphatic rings. The predicted molar refractivity (Wildman–Crippen MR) is 89.7 cm³/mol. The fraction of sp³-hybridized carbons (Fsp3) is 0. The average molecular weight is 378 g/mol. The molecule has 2 aromatic rings. The van der Waals surface area contributed by atoms with Crippen molar-refractivity contribution >= 4 is 11.9 Å². The molecule has 0 aromatic heterocycles. The lowest BCUT2D eigenvalue weighted by Crippen LogP contribution is -2.17. The van der Waals surface area contributed by atoms with E-state index >= 15 is 0 Å². The molecule has 6 nitrogen and oxygen atoms in total. The Labute approximate surface area is 151 Å². The highest BCUT2D eigenvalue weighted by atomic mass is 19.1. The van der Waals surface area contributed by atoms with Crippen LogP contribution in [0, 0.1) is 17.5 Å². The first-order valence-electron chi connectivity index (χ1n) is 7.22. The van der Waals surface area contributed by atoms with Crippen molar-refractivity contribution in [1.29, 1.82) is 0 Å². The maximum Gasteiger partial charge on any atom is 0.359 e. The van der Waals surface area contributed by atoms with Crippen molar-refractivity contribution in [3.63, 3.8) is 0 Å². The summed E-state index contributed by atoms with van der Waals surface area (Å²) in [6.07, 6.45) is 0. The number of nitrogens with two attached hydrogens (primary N) is 2. The van der Waals surface area contributed by atoms with Crippen LogP contribution in [0.15, 0.2) is 54.9 Å². The van der Waals surface area contributed by atoms with E-state index in [0.29, 0.717) is 0 Å². The van der Waals surface area contributed by atoms with E-state index in [2.05, 4.69) is 22.6 Å². The second-order valence-corrected chi connectivity index (χ2v) is 5.24. The van der Waals surface area contributed by atoms with E-state index in [1.807, 2.05) is 0 Å². The summed E-state index contributed by atoms with van der Waals surface area (Å²) < 4.78 is 51.4. The lowest BCUT2D eigenvalue weighted by Gasteiger charge is -2.10. The highest BCUT2D eigenvalue weighted by Gasteiger charge is 2.19. The van der Waals surface area contributed by atoms with Crippen LogP contribution < -0.4 is 20.9 Å². The van der Waals surface area contributed by atoms with Gasteiger partial charge in [0.1, 0.15) is 11.4 Å². The van der Waals surface area contributed by atoms with E-state index in [1.54, 1.807) is 0 Å². The number of esters is 2. The average Bonchev–Trinajstić information content (AvgIpc) is 2.59. The van der Waals surface area contributed by atoms with Crippen molar-refractivity contribution < 1.29 is 32.2 Å². The lowest BCUT2D eigenvalue weighted by molar-refractivity contribution is -0.131. The third-order valence-electron chi connectivity index (χ3n) is 3.19. The minimum Gasteiger partial charge on any atom is -0.419 e. The molecule has 0 saturated carbocycles. The van der Waals surface area contributed by atoms with Gasteiger partial charge in [0, 0.05) is 0 Å². The van der Waals surface area contributed by atoms with Gasteiger partial charge >= 0.3 is 11.9 Å². The Kier molecular flexibility index (Phi) is 5.54. The van der Waals surface area contributed by atoms with Crippen LogP contribution in [0.4, 0.5) is 13.2 Å². The molecular weight excluding hydrogens is 365 g/mol. The fourth-order valence-electron chi connectivity index (χ4n) is 1.91. The van der Waals surface area contributed by atoms with Crippen LogP contribution in [-0.2, 0) is 9.59 Å². The van der Waals surface area contributed by atoms with Gasteiger partial charge in [-0.1, -0.05) is 19.2 Å². The highest BCUT2D eigenvalue weighted by Crippen LogP contribution is 2.31. The van der Waals surface area contributed by atoms with Gasteiger partial charge < -0.3 is 20.9 Å². The summed E-state index contributed by atoms with van der Waals surface area (Å²) in [6.45, 7) is 6.25. The van der Waals surface area contributed by atoms with E-state index < -0.39 is 52.3 Å². The maximum absolute atomic E-state index is 14.1. The second-order valence-electron chi connectivity index (χ2n) is 5.24. The summed E-state index contributed by atoms with van der Waals surface area (Å²) in [4.78, 5) is 22.6. The van der Waals surface area contributed by atoms with Gasteiger partial charge in [-0.15, -0.1) is 0 Å². The third-order valence-corrected chi connectivity index (χ3v) is 3.19. The summed E-state index contributed by atoms with van der Waals surface area (Å²) in [7, 11) is 0. The van der Waals surface area contributed by atoms with Crippen molar-refractivity contribution in [2.24, 2.45) is 11.5 Å². The van der Waals surface area contributed by atoms with Gasteiger partial charge in [0.15, 0.2) is 23.2 Å². The minimum absolute atomic E-state index is 0.0589. The Morgan fingerprint density at radius 1 is 0.778 bits per heavy atom. The molecule has 4 N–H and O–H groups in total. The Morgan fingerprint density at radius 2 is 1.26 bits per heavy atom. The Bertz CT molecular complexity index is 950. The molecule has 0 spiro atoms. The zero-order chi connectivity index (χ0) is 20.3. The Hall–Kier alpha value is -3.75. The molecule has 2 aromatic carbocycles. The molecule has 9 heteroatoms. The van der Waals surface area contributed by atoms with E-state index in [9.17, 15) is 22.8 Å². The number of carbonyl (C=O) groups excluding carboxylic acids is 2. The van der Waals surface area contributed by atoms with Gasteiger partial charge in [-0.25, -0.2) is 22.8 Å². The zero-order valence-corrected chi connectivity index (χ0v) is 13.7. The lowest BCUT2D eigenvalue weighted by atomic mass is 10.0. The number of hydrogen-bond acceptors (Lipinski definition) is 6. The normalized spacial score (nSPS) is 10.2. The molecule has 0 bridgehead atoms. The highest BCUT2D eigenvalue weighted by molar-refractivity contribution is 5.89. The second kappa shape index (κ2) is 7.65. The van der Waals surface area contributed by atoms with Crippen LogP contribution >= 0.6 is 0 Å². The first-order valence-corrected chi connectivity index (χ1v) is 7.22. The van der Waals surface area contributed by atoms with Crippen molar-refractivity contribution in [2.75, 3.05) is 0 Å². The molecule has 0 aliphatic carbocycles. The Morgan fingerprint density at radius 3 is 1.74 bits per heavy atom. The van der Waals surface area contributed by atoms with E-state index in [1.165, 1.54) is 6.07 Å². The van der Waals surface area contributed by atoms with Gasteiger partial charge in [-0.3, -0.25) is 0 Å². The largest absolute Gasteiger partial charge is 0.419 e. The van der Waals surface area contributed by atoms with Gasteiger partial charge in [0.05, 0.1) is 0 Å². The number of halogens is 3. The quantitative estimate of drug-likeness (QED) is 0.471. The van der Waals surface area contributed by atoms with Crippen molar-refractivity contribution in [3.05, 3.63) is 72.3 Å². The summed E-state index contributed by atoms with van der Waals surface area (Å²) in [6, 6.07) is 4.88. The molecule has 140 valence electrons. The SMILES string of the molecule is C=C(N)C(=O)Oc1ccc(-c2cc(F)c(OC(=O)C(=C)N)c(F)c2)cc1F. The monoisotopic (exact) mass is 378 g/mol. The molecule has 0 saturated heterocycles.